The lowest BCUT2D eigenvalue weighted by atomic mass is 9.92. The number of carbonyl (C=O) groups excluding carboxylic acids is 2. The molecule has 2 amide bonds. The summed E-state index contributed by atoms with van der Waals surface area (Å²) in [6, 6.07) is 20.0. The average Bonchev–Trinajstić information content (AvgIpc) is 2.84. The Morgan fingerprint density at radius 1 is 0.794 bits per heavy atom. The van der Waals surface area contributed by atoms with Gasteiger partial charge in [-0.2, -0.15) is 0 Å². The molecule has 0 saturated carbocycles. The van der Waals surface area contributed by atoms with Crippen LogP contribution < -0.4 is 5.32 Å². The van der Waals surface area contributed by atoms with Gasteiger partial charge < -0.3 is 10.2 Å². The summed E-state index contributed by atoms with van der Waals surface area (Å²) >= 11 is 0. The topological polar surface area (TPSA) is 55.9 Å². The van der Waals surface area contributed by atoms with Gasteiger partial charge in [-0.05, 0) is 29.4 Å². The number of piperazine rings is 1. The molecule has 2 aromatic rings. The summed E-state index contributed by atoms with van der Waals surface area (Å²) in [6.07, 6.45) is 1.21. The summed E-state index contributed by atoms with van der Waals surface area (Å²) in [5.41, 5.74) is 2.15. The Labute approximate surface area is 203 Å². The first kappa shape index (κ1) is 24.4. The van der Waals surface area contributed by atoms with Crippen molar-refractivity contribution in [2.75, 3.05) is 52.4 Å². The summed E-state index contributed by atoms with van der Waals surface area (Å²) in [6.45, 7) is 10.3. The molecule has 4 rings (SSSR count). The summed E-state index contributed by atoms with van der Waals surface area (Å²) < 4.78 is 0. The molecule has 2 aliphatic rings. The van der Waals surface area contributed by atoms with E-state index < -0.39 is 0 Å². The van der Waals surface area contributed by atoms with Gasteiger partial charge in [-0.1, -0.05) is 74.5 Å². The molecule has 34 heavy (non-hydrogen) atoms. The molecule has 2 aromatic carbocycles. The maximum atomic E-state index is 13.0. The smallest absolute Gasteiger partial charge is 0.236 e. The molecule has 182 valence electrons. The second-order valence-corrected chi connectivity index (χ2v) is 10.1. The summed E-state index contributed by atoms with van der Waals surface area (Å²) in [5.74, 6) is 1.44. The minimum absolute atomic E-state index is 0.0264. The maximum Gasteiger partial charge on any atom is 0.236 e. The van der Waals surface area contributed by atoms with Crippen LogP contribution in [-0.2, 0) is 9.59 Å². The molecule has 0 unspecified atom stereocenters. The van der Waals surface area contributed by atoms with Gasteiger partial charge in [0.2, 0.25) is 11.8 Å². The van der Waals surface area contributed by atoms with Crippen molar-refractivity contribution in [3.8, 4) is 0 Å². The van der Waals surface area contributed by atoms with Crippen molar-refractivity contribution in [2.45, 2.75) is 26.3 Å². The van der Waals surface area contributed by atoms with Crippen LogP contribution in [-0.4, -0.2) is 78.9 Å². The number of nitrogens with zero attached hydrogens (tertiary/aromatic N) is 3. The predicted molar refractivity (Wildman–Crippen MR) is 135 cm³/mol. The van der Waals surface area contributed by atoms with E-state index >= 15 is 0 Å². The Morgan fingerprint density at radius 2 is 1.26 bits per heavy atom. The fourth-order valence-electron chi connectivity index (χ4n) is 5.32. The van der Waals surface area contributed by atoms with Crippen LogP contribution in [0.5, 0.6) is 0 Å². The lowest BCUT2D eigenvalue weighted by Gasteiger charge is -2.38. The van der Waals surface area contributed by atoms with Crippen molar-refractivity contribution in [2.24, 2.45) is 11.8 Å². The van der Waals surface area contributed by atoms with Crippen LogP contribution in [0.4, 0.5) is 0 Å². The van der Waals surface area contributed by atoms with Crippen LogP contribution in [0.2, 0.25) is 0 Å². The minimum Gasteiger partial charge on any atom is -0.344 e. The van der Waals surface area contributed by atoms with E-state index in [1.54, 1.807) is 0 Å². The van der Waals surface area contributed by atoms with Crippen LogP contribution in [0, 0.1) is 11.8 Å². The second kappa shape index (κ2) is 11.6. The van der Waals surface area contributed by atoms with Crippen molar-refractivity contribution >= 4 is 11.8 Å². The van der Waals surface area contributed by atoms with Crippen molar-refractivity contribution in [1.29, 1.82) is 0 Å². The Hall–Kier alpha value is -2.70. The first-order chi connectivity index (χ1) is 16.5. The largest absolute Gasteiger partial charge is 0.344 e. The van der Waals surface area contributed by atoms with Gasteiger partial charge in [-0.15, -0.1) is 0 Å². The van der Waals surface area contributed by atoms with Crippen LogP contribution >= 0.6 is 0 Å². The quantitative estimate of drug-likeness (QED) is 0.687. The normalized spacial score (nSPS) is 22.0. The molecule has 0 bridgehead atoms. The van der Waals surface area contributed by atoms with Gasteiger partial charge in [0.05, 0.1) is 19.1 Å². The van der Waals surface area contributed by atoms with Crippen LogP contribution in [0.15, 0.2) is 60.7 Å². The number of nitrogens with one attached hydrogen (secondary N) is 1. The van der Waals surface area contributed by atoms with E-state index in [0.717, 1.165) is 50.4 Å². The van der Waals surface area contributed by atoms with Gasteiger partial charge in [0.1, 0.15) is 0 Å². The monoisotopic (exact) mass is 462 g/mol. The summed E-state index contributed by atoms with van der Waals surface area (Å²) in [4.78, 5) is 32.3. The third-order valence-electron chi connectivity index (χ3n) is 6.98. The highest BCUT2D eigenvalue weighted by Crippen LogP contribution is 2.22. The van der Waals surface area contributed by atoms with Gasteiger partial charge in [0.15, 0.2) is 0 Å². The van der Waals surface area contributed by atoms with E-state index in [0.29, 0.717) is 24.9 Å². The number of likely N-dealkylation sites (tertiary alicyclic amines) is 1. The second-order valence-electron chi connectivity index (χ2n) is 10.1. The minimum atomic E-state index is -0.164. The van der Waals surface area contributed by atoms with Crippen molar-refractivity contribution < 1.29 is 9.59 Å². The number of hydrogen-bond donors (Lipinski definition) is 1. The molecule has 6 nitrogen and oxygen atoms in total. The van der Waals surface area contributed by atoms with E-state index in [4.69, 9.17) is 0 Å². The van der Waals surface area contributed by atoms with Crippen molar-refractivity contribution in [1.82, 2.24) is 20.0 Å². The maximum absolute atomic E-state index is 13.0. The molecule has 0 aliphatic carbocycles. The summed E-state index contributed by atoms with van der Waals surface area (Å²) in [5, 5.41) is 3.24. The van der Waals surface area contributed by atoms with Crippen LogP contribution in [0.25, 0.3) is 0 Å². The van der Waals surface area contributed by atoms with Gasteiger partial charge in [-0.3, -0.25) is 19.4 Å². The van der Waals surface area contributed by atoms with E-state index in [2.05, 4.69) is 53.2 Å². The zero-order chi connectivity index (χ0) is 23.9. The molecule has 6 heteroatoms. The Kier molecular flexibility index (Phi) is 8.35. The van der Waals surface area contributed by atoms with Gasteiger partial charge in [0.25, 0.3) is 0 Å². The highest BCUT2D eigenvalue weighted by atomic mass is 16.2. The van der Waals surface area contributed by atoms with E-state index in [1.165, 1.54) is 6.42 Å². The fourth-order valence-corrected chi connectivity index (χ4v) is 5.32. The molecule has 2 saturated heterocycles. The third kappa shape index (κ3) is 6.67. The van der Waals surface area contributed by atoms with Gasteiger partial charge in [-0.25, -0.2) is 0 Å². The summed E-state index contributed by atoms with van der Waals surface area (Å²) in [7, 11) is 0. The zero-order valence-corrected chi connectivity index (χ0v) is 20.5. The molecule has 2 atom stereocenters. The molecule has 0 spiro atoms. The molecular formula is C28H38N4O2. The van der Waals surface area contributed by atoms with Gasteiger partial charge >= 0.3 is 0 Å². The number of piperidine rings is 1. The van der Waals surface area contributed by atoms with Crippen LogP contribution in [0.3, 0.4) is 0 Å². The Morgan fingerprint density at radius 3 is 1.76 bits per heavy atom. The molecule has 2 aliphatic heterocycles. The number of rotatable bonds is 7. The molecule has 2 heterocycles. The average molecular weight is 463 g/mol. The lowest BCUT2D eigenvalue weighted by Crippen LogP contribution is -2.53. The molecule has 1 N–H and O–H groups in total. The molecule has 0 radical (unpaired) electrons. The standard InChI is InChI=1S/C28H38N4O2/c1-22-17-23(2)19-32(18-22)27(34)21-31-15-13-30(14-16-31)20-26(33)29-28(24-9-5-3-6-10-24)25-11-7-4-8-12-25/h3-12,22-23,28H,13-21H2,1-2H3,(H,29,33)/t22-,23-/m0/s1. The van der Waals surface area contributed by atoms with E-state index in [-0.39, 0.29) is 17.9 Å². The van der Waals surface area contributed by atoms with Gasteiger partial charge in [0, 0.05) is 39.3 Å². The third-order valence-corrected chi connectivity index (χ3v) is 6.98. The molecular weight excluding hydrogens is 424 g/mol. The Bertz CT molecular complexity index is 878. The molecule has 2 fully saturated rings. The SMILES string of the molecule is C[C@H]1C[C@H](C)CN(C(=O)CN2CCN(CC(=O)NC(c3ccccc3)c3ccccc3)CC2)C1. The highest BCUT2D eigenvalue weighted by molar-refractivity contribution is 5.79. The fraction of sp³-hybridized carbons (Fsp3) is 0.500. The predicted octanol–water partition coefficient (Wildman–Crippen LogP) is 3.01. The number of carbonyl (C=O) groups is 2. The molecule has 0 aromatic heterocycles. The van der Waals surface area contributed by atoms with Crippen LogP contribution in [0.1, 0.15) is 37.4 Å². The van der Waals surface area contributed by atoms with E-state index in [9.17, 15) is 9.59 Å². The van der Waals surface area contributed by atoms with Crippen molar-refractivity contribution in [3.05, 3.63) is 71.8 Å². The van der Waals surface area contributed by atoms with E-state index in [1.807, 2.05) is 41.3 Å². The zero-order valence-electron chi connectivity index (χ0n) is 20.5. The number of hydrogen-bond acceptors (Lipinski definition) is 4. The van der Waals surface area contributed by atoms with Crippen molar-refractivity contribution in [3.63, 3.8) is 0 Å². The number of benzene rings is 2. The number of amides is 2. The Balaban J connectivity index is 1.26. The first-order valence-corrected chi connectivity index (χ1v) is 12.6. The first-order valence-electron chi connectivity index (χ1n) is 12.6. The lowest BCUT2D eigenvalue weighted by molar-refractivity contribution is -0.135. The highest BCUT2D eigenvalue weighted by Gasteiger charge is 2.28.